The van der Waals surface area contributed by atoms with Gasteiger partial charge >= 0.3 is 0 Å². The molecule has 0 amide bonds. The van der Waals surface area contributed by atoms with Crippen LogP contribution in [0.3, 0.4) is 0 Å². The van der Waals surface area contributed by atoms with Crippen molar-refractivity contribution in [2.24, 2.45) is 11.7 Å². The largest absolute Gasteiger partial charge is 0.393 e. The molecule has 20 heavy (non-hydrogen) atoms. The molecule has 1 fully saturated rings. The molecule has 0 aromatic heterocycles. The zero-order chi connectivity index (χ0) is 14.8. The number of hydrogen-bond acceptors (Lipinski definition) is 5. The lowest BCUT2D eigenvalue weighted by atomic mass is 9.85. The number of benzene rings is 1. The summed E-state index contributed by atoms with van der Waals surface area (Å²) in [6, 6.07) is 6.77. The summed E-state index contributed by atoms with van der Waals surface area (Å²) in [5.41, 5.74) is 5.99. The molecule has 2 unspecified atom stereocenters. The summed E-state index contributed by atoms with van der Waals surface area (Å²) in [4.78, 5) is 1.37. The van der Waals surface area contributed by atoms with Crippen LogP contribution < -0.4 is 5.73 Å². The molecule has 0 radical (unpaired) electrons. The summed E-state index contributed by atoms with van der Waals surface area (Å²) in [6.07, 6.45) is 3.36. The molecule has 6 heteroatoms. The van der Waals surface area contributed by atoms with E-state index in [0.717, 1.165) is 4.90 Å². The van der Waals surface area contributed by atoms with E-state index in [1.807, 2.05) is 18.4 Å². The molecule has 112 valence electrons. The number of aliphatic hydroxyl groups is 1. The highest BCUT2D eigenvalue weighted by Gasteiger charge is 2.31. The van der Waals surface area contributed by atoms with Crippen LogP contribution >= 0.6 is 11.8 Å². The molecule has 1 aliphatic carbocycles. The van der Waals surface area contributed by atoms with E-state index in [0.29, 0.717) is 24.2 Å². The first kappa shape index (κ1) is 15.8. The third-order valence-corrected chi connectivity index (χ3v) is 6.47. The van der Waals surface area contributed by atoms with Gasteiger partial charge in [-0.05, 0) is 55.7 Å². The van der Waals surface area contributed by atoms with Gasteiger partial charge in [-0.3, -0.25) is 0 Å². The van der Waals surface area contributed by atoms with Crippen molar-refractivity contribution >= 4 is 21.6 Å². The molecule has 0 aliphatic heterocycles. The Bertz CT molecular complexity index is 542. The molecule has 0 heterocycles. The number of hydrogen-bond donors (Lipinski definition) is 2. The van der Waals surface area contributed by atoms with Crippen molar-refractivity contribution in [2.75, 3.05) is 12.0 Å². The second-order valence-electron chi connectivity index (χ2n) is 5.35. The number of nitrogens with two attached hydrogens (primary N) is 1. The Labute approximate surface area is 124 Å². The maximum absolute atomic E-state index is 12.4. The lowest BCUT2D eigenvalue weighted by Crippen LogP contribution is -2.41. The maximum atomic E-state index is 12.4. The van der Waals surface area contributed by atoms with Crippen molar-refractivity contribution < 1.29 is 13.5 Å². The highest BCUT2D eigenvalue weighted by Crippen LogP contribution is 2.27. The standard InChI is InChI=1S/C14H21NO3S2/c1-19-12-3-5-13(6-4-12)20(17,18)9-10-8-11(16)2-7-14(10)15/h3-6,10-11,14,16H,2,7-9,15H2,1H3/t10?,11?,14-/m0/s1. The van der Waals surface area contributed by atoms with Crippen molar-refractivity contribution in [3.63, 3.8) is 0 Å². The van der Waals surface area contributed by atoms with Gasteiger partial charge in [-0.1, -0.05) is 0 Å². The Morgan fingerprint density at radius 1 is 1.30 bits per heavy atom. The molecule has 0 bridgehead atoms. The van der Waals surface area contributed by atoms with Gasteiger partial charge in [0.05, 0.1) is 16.8 Å². The summed E-state index contributed by atoms with van der Waals surface area (Å²) in [5, 5.41) is 9.68. The van der Waals surface area contributed by atoms with Crippen LogP contribution in [-0.2, 0) is 9.84 Å². The minimum Gasteiger partial charge on any atom is -0.393 e. The Morgan fingerprint density at radius 2 is 1.95 bits per heavy atom. The first-order valence-electron chi connectivity index (χ1n) is 6.73. The summed E-state index contributed by atoms with van der Waals surface area (Å²) >= 11 is 1.58. The quantitative estimate of drug-likeness (QED) is 0.826. The molecule has 3 atom stereocenters. The van der Waals surface area contributed by atoms with Crippen molar-refractivity contribution in [3.05, 3.63) is 24.3 Å². The molecule has 1 aliphatic rings. The lowest BCUT2D eigenvalue weighted by Gasteiger charge is -2.31. The van der Waals surface area contributed by atoms with Crippen LogP contribution in [0, 0.1) is 5.92 Å². The van der Waals surface area contributed by atoms with Crippen LogP contribution in [0.4, 0.5) is 0 Å². The number of thioether (sulfide) groups is 1. The van der Waals surface area contributed by atoms with Crippen LogP contribution in [0.2, 0.25) is 0 Å². The summed E-state index contributed by atoms with van der Waals surface area (Å²) in [7, 11) is -3.34. The van der Waals surface area contributed by atoms with E-state index < -0.39 is 15.9 Å². The summed E-state index contributed by atoms with van der Waals surface area (Å²) < 4.78 is 24.8. The topological polar surface area (TPSA) is 80.4 Å². The Kier molecular flexibility index (Phi) is 5.12. The molecule has 0 saturated heterocycles. The molecule has 1 aromatic carbocycles. The van der Waals surface area contributed by atoms with Gasteiger partial charge in [-0.25, -0.2) is 8.42 Å². The average Bonchev–Trinajstić information content (AvgIpc) is 2.43. The van der Waals surface area contributed by atoms with Gasteiger partial charge in [0.2, 0.25) is 0 Å². The smallest absolute Gasteiger partial charge is 0.178 e. The Morgan fingerprint density at radius 3 is 2.55 bits per heavy atom. The highest BCUT2D eigenvalue weighted by atomic mass is 32.2. The van der Waals surface area contributed by atoms with Crippen molar-refractivity contribution in [1.29, 1.82) is 0 Å². The minimum atomic E-state index is -3.34. The van der Waals surface area contributed by atoms with Gasteiger partial charge < -0.3 is 10.8 Å². The third kappa shape index (κ3) is 3.75. The molecule has 3 N–H and O–H groups in total. The monoisotopic (exact) mass is 315 g/mol. The van der Waals surface area contributed by atoms with Crippen molar-refractivity contribution in [2.45, 2.75) is 41.2 Å². The van der Waals surface area contributed by atoms with E-state index in [4.69, 9.17) is 5.73 Å². The third-order valence-electron chi connectivity index (χ3n) is 3.87. The zero-order valence-electron chi connectivity index (χ0n) is 11.5. The second-order valence-corrected chi connectivity index (χ2v) is 8.26. The molecule has 0 spiro atoms. The van der Waals surface area contributed by atoms with Crippen LogP contribution in [0.15, 0.2) is 34.1 Å². The van der Waals surface area contributed by atoms with E-state index in [1.54, 1.807) is 23.9 Å². The maximum Gasteiger partial charge on any atom is 0.178 e. The number of sulfone groups is 1. The molecule has 1 saturated carbocycles. The normalized spacial score (nSPS) is 27.4. The number of aliphatic hydroxyl groups excluding tert-OH is 1. The van der Waals surface area contributed by atoms with Crippen molar-refractivity contribution in [3.8, 4) is 0 Å². The molecular weight excluding hydrogens is 294 g/mol. The predicted octanol–water partition coefficient (Wildman–Crippen LogP) is 1.67. The molecule has 4 nitrogen and oxygen atoms in total. The van der Waals surface area contributed by atoms with Gasteiger partial charge in [-0.15, -0.1) is 11.8 Å². The van der Waals surface area contributed by atoms with Gasteiger partial charge in [0, 0.05) is 10.9 Å². The molecule has 2 rings (SSSR count). The van der Waals surface area contributed by atoms with E-state index in [2.05, 4.69) is 0 Å². The van der Waals surface area contributed by atoms with E-state index in [9.17, 15) is 13.5 Å². The average molecular weight is 315 g/mol. The van der Waals surface area contributed by atoms with Gasteiger partial charge in [0.15, 0.2) is 9.84 Å². The van der Waals surface area contributed by atoms with Crippen molar-refractivity contribution in [1.82, 2.24) is 0 Å². The van der Waals surface area contributed by atoms with Gasteiger partial charge in [0.25, 0.3) is 0 Å². The van der Waals surface area contributed by atoms with E-state index >= 15 is 0 Å². The van der Waals surface area contributed by atoms with E-state index in [1.165, 1.54) is 0 Å². The fraction of sp³-hybridized carbons (Fsp3) is 0.571. The first-order chi connectivity index (χ1) is 9.42. The SMILES string of the molecule is CSc1ccc(S(=O)(=O)CC2CC(O)CC[C@@H]2N)cc1. The van der Waals surface area contributed by atoms with Crippen LogP contribution in [-0.4, -0.2) is 37.7 Å². The lowest BCUT2D eigenvalue weighted by molar-refractivity contribution is 0.0969. The molecular formula is C14H21NO3S2. The fourth-order valence-electron chi connectivity index (χ4n) is 2.62. The first-order valence-corrected chi connectivity index (χ1v) is 9.60. The van der Waals surface area contributed by atoms with Crippen LogP contribution in [0.5, 0.6) is 0 Å². The molecule has 1 aromatic rings. The number of rotatable bonds is 4. The predicted molar refractivity (Wildman–Crippen MR) is 81.6 cm³/mol. The minimum absolute atomic E-state index is 0.0177. The summed E-state index contributed by atoms with van der Waals surface area (Å²) in [6.45, 7) is 0. The second kappa shape index (κ2) is 6.47. The van der Waals surface area contributed by atoms with Crippen LogP contribution in [0.25, 0.3) is 0 Å². The van der Waals surface area contributed by atoms with Gasteiger partial charge in [0.1, 0.15) is 0 Å². The fourth-order valence-corrected chi connectivity index (χ4v) is 4.71. The Hall–Kier alpha value is -0.560. The van der Waals surface area contributed by atoms with Crippen LogP contribution in [0.1, 0.15) is 19.3 Å². The highest BCUT2D eigenvalue weighted by molar-refractivity contribution is 7.98. The Balaban J connectivity index is 2.13. The zero-order valence-corrected chi connectivity index (χ0v) is 13.2. The van der Waals surface area contributed by atoms with Gasteiger partial charge in [-0.2, -0.15) is 0 Å². The van der Waals surface area contributed by atoms with E-state index in [-0.39, 0.29) is 17.7 Å². The summed E-state index contributed by atoms with van der Waals surface area (Å²) in [5.74, 6) is -0.145.